The number of hydrogen-bond acceptors (Lipinski definition) is 7. The summed E-state index contributed by atoms with van der Waals surface area (Å²) in [6.45, 7) is 20.1. The Bertz CT molecular complexity index is 1630. The summed E-state index contributed by atoms with van der Waals surface area (Å²) in [6.07, 6.45) is 13.2. The highest BCUT2D eigenvalue weighted by Crippen LogP contribution is 2.76. The SMILES string of the molecule is COC(=O)c1ccc(C2=CCC3(C)C(CCC4(C)C3CCC3C5C(C(C)(C)O)CCC5(NCCN5CCS(=O)(=O)CC5)CCC34C)C2(C)C)cc1. The second-order valence-corrected chi connectivity index (χ2v) is 22.0. The van der Waals surface area contributed by atoms with E-state index in [1.165, 1.54) is 50.4 Å². The first-order valence-corrected chi connectivity index (χ1v) is 21.9. The first-order valence-electron chi connectivity index (χ1n) is 20.1. The standard InChI is InChI=1S/C43H66N2O5S/c1-38(2)31(29-9-11-30(12-10-29)37(46)50-8)15-18-40(5)34(38)17-19-42(7)35(40)14-13-33-36-32(39(3,4)47)16-20-43(36,22-21-41(33,42)6)44-23-24-45-25-27-51(48,49)28-26-45/h9-12,15,32-36,44,47H,13-14,16-28H2,1-8H3. The minimum Gasteiger partial charge on any atom is -0.465 e. The quantitative estimate of drug-likeness (QED) is 0.284. The summed E-state index contributed by atoms with van der Waals surface area (Å²) in [6, 6.07) is 8.05. The fraction of sp³-hybridized carbons (Fsp3) is 0.791. The van der Waals surface area contributed by atoms with Gasteiger partial charge in [-0.15, -0.1) is 0 Å². The largest absolute Gasteiger partial charge is 0.465 e. The summed E-state index contributed by atoms with van der Waals surface area (Å²) in [7, 11) is -1.45. The Hall–Kier alpha value is -1.74. The molecular weight excluding hydrogens is 657 g/mol. The molecule has 7 rings (SSSR count). The first kappa shape index (κ1) is 37.6. The average molecular weight is 723 g/mol. The molecule has 284 valence electrons. The molecule has 0 bridgehead atoms. The Morgan fingerprint density at radius 3 is 2.25 bits per heavy atom. The zero-order chi connectivity index (χ0) is 36.8. The van der Waals surface area contributed by atoms with Gasteiger partial charge in [-0.05, 0) is 146 Å². The van der Waals surface area contributed by atoms with E-state index in [-0.39, 0.29) is 50.6 Å². The lowest BCUT2D eigenvalue weighted by Gasteiger charge is -2.72. The summed E-state index contributed by atoms with van der Waals surface area (Å²) in [5.74, 6) is 2.75. The molecular formula is C43H66N2O5S. The number of nitrogens with zero attached hydrogens (tertiary/aromatic N) is 1. The number of carbonyl (C=O) groups is 1. The number of carbonyl (C=O) groups excluding carboxylic acids is 1. The number of nitrogens with one attached hydrogen (secondary N) is 1. The molecule has 0 spiro atoms. The minimum atomic E-state index is -2.88. The first-order chi connectivity index (χ1) is 23.8. The van der Waals surface area contributed by atoms with E-state index in [0.717, 1.165) is 38.8 Å². The fourth-order valence-corrected chi connectivity index (χ4v) is 15.4. The molecule has 51 heavy (non-hydrogen) atoms. The van der Waals surface area contributed by atoms with E-state index in [0.29, 0.717) is 42.3 Å². The molecule has 7 nitrogen and oxygen atoms in total. The number of benzene rings is 1. The Morgan fingerprint density at radius 2 is 1.61 bits per heavy atom. The third kappa shape index (κ3) is 5.90. The van der Waals surface area contributed by atoms with Crippen LogP contribution in [-0.2, 0) is 14.6 Å². The number of sulfone groups is 1. The van der Waals surface area contributed by atoms with Crippen molar-refractivity contribution in [2.75, 3.05) is 44.8 Å². The van der Waals surface area contributed by atoms with Crippen molar-refractivity contribution in [3.8, 4) is 0 Å². The lowest BCUT2D eigenvalue weighted by Crippen LogP contribution is -2.68. The van der Waals surface area contributed by atoms with E-state index in [1.807, 2.05) is 12.1 Å². The van der Waals surface area contributed by atoms with Crippen molar-refractivity contribution < 1.29 is 23.1 Å². The average Bonchev–Trinajstić information content (AvgIpc) is 3.46. The molecule has 2 N–H and O–H groups in total. The fourth-order valence-electron chi connectivity index (χ4n) is 14.1. The summed E-state index contributed by atoms with van der Waals surface area (Å²) in [4.78, 5) is 14.5. The van der Waals surface area contributed by atoms with Gasteiger partial charge in [0.25, 0.3) is 0 Å². The van der Waals surface area contributed by atoms with E-state index >= 15 is 0 Å². The van der Waals surface area contributed by atoms with Crippen molar-refractivity contribution in [2.24, 2.45) is 51.2 Å². The number of ether oxygens (including phenoxy) is 1. The van der Waals surface area contributed by atoms with Gasteiger partial charge in [0.1, 0.15) is 0 Å². The highest BCUT2D eigenvalue weighted by Gasteiger charge is 2.71. The van der Waals surface area contributed by atoms with Gasteiger partial charge in [0.15, 0.2) is 9.84 Å². The number of hydrogen-bond donors (Lipinski definition) is 2. The molecule has 5 aliphatic carbocycles. The highest BCUT2D eigenvalue weighted by atomic mass is 32.2. The summed E-state index contributed by atoms with van der Waals surface area (Å²) < 4.78 is 29.1. The van der Waals surface area contributed by atoms with Crippen LogP contribution in [0.3, 0.4) is 0 Å². The van der Waals surface area contributed by atoms with E-state index in [2.05, 4.69) is 76.9 Å². The van der Waals surface area contributed by atoms with Gasteiger partial charge in [0.2, 0.25) is 0 Å². The van der Waals surface area contributed by atoms with Crippen LogP contribution in [0.4, 0.5) is 0 Å². The van der Waals surface area contributed by atoms with Crippen LogP contribution in [0.1, 0.15) is 122 Å². The van der Waals surface area contributed by atoms with Gasteiger partial charge in [-0.3, -0.25) is 0 Å². The number of methoxy groups -OCH3 is 1. The lowest BCUT2D eigenvalue weighted by molar-refractivity contribution is -0.225. The maximum atomic E-state index is 12.1. The molecule has 1 saturated heterocycles. The van der Waals surface area contributed by atoms with Crippen LogP contribution in [0.2, 0.25) is 0 Å². The smallest absolute Gasteiger partial charge is 0.337 e. The van der Waals surface area contributed by atoms with Crippen molar-refractivity contribution in [1.29, 1.82) is 0 Å². The van der Waals surface area contributed by atoms with Gasteiger partial charge in [-0.25, -0.2) is 13.2 Å². The predicted molar refractivity (Wildman–Crippen MR) is 205 cm³/mol. The molecule has 9 atom stereocenters. The Labute approximate surface area is 308 Å². The Kier molecular flexibility index (Phi) is 9.33. The van der Waals surface area contributed by atoms with Crippen LogP contribution in [0.5, 0.6) is 0 Å². The van der Waals surface area contributed by atoms with E-state index < -0.39 is 15.4 Å². The molecule has 1 aromatic rings. The van der Waals surface area contributed by atoms with Crippen molar-refractivity contribution in [3.05, 3.63) is 41.5 Å². The molecule has 5 fully saturated rings. The van der Waals surface area contributed by atoms with Gasteiger partial charge in [0, 0.05) is 31.7 Å². The topological polar surface area (TPSA) is 95.9 Å². The van der Waals surface area contributed by atoms with Crippen molar-refractivity contribution in [1.82, 2.24) is 10.2 Å². The maximum Gasteiger partial charge on any atom is 0.337 e. The van der Waals surface area contributed by atoms with Crippen molar-refractivity contribution >= 4 is 21.4 Å². The van der Waals surface area contributed by atoms with Crippen LogP contribution in [-0.4, -0.2) is 80.3 Å². The van der Waals surface area contributed by atoms with Gasteiger partial charge < -0.3 is 20.1 Å². The summed E-state index contributed by atoms with van der Waals surface area (Å²) in [5, 5.41) is 15.9. The van der Waals surface area contributed by atoms with Crippen LogP contribution < -0.4 is 5.32 Å². The van der Waals surface area contributed by atoms with E-state index in [9.17, 15) is 18.3 Å². The number of esters is 1. The van der Waals surface area contributed by atoms with E-state index in [4.69, 9.17) is 4.74 Å². The van der Waals surface area contributed by atoms with Gasteiger partial charge in [-0.2, -0.15) is 0 Å². The van der Waals surface area contributed by atoms with Crippen LogP contribution >= 0.6 is 0 Å². The predicted octanol–water partition coefficient (Wildman–Crippen LogP) is 7.39. The molecule has 0 aromatic heterocycles. The number of allylic oxidation sites excluding steroid dienone is 2. The lowest BCUT2D eigenvalue weighted by atomic mass is 9.32. The Balaban J connectivity index is 1.15. The third-order valence-electron chi connectivity index (χ3n) is 16.9. The molecule has 0 radical (unpaired) electrons. The second-order valence-electron chi connectivity index (χ2n) is 19.7. The molecule has 0 amide bonds. The number of fused-ring (bicyclic) bond motifs is 7. The van der Waals surface area contributed by atoms with Crippen molar-refractivity contribution in [2.45, 2.75) is 117 Å². The molecule has 1 aromatic carbocycles. The zero-order valence-electron chi connectivity index (χ0n) is 32.8. The molecule has 4 saturated carbocycles. The van der Waals surface area contributed by atoms with Crippen LogP contribution in [0.25, 0.3) is 5.57 Å². The zero-order valence-corrected chi connectivity index (χ0v) is 33.6. The van der Waals surface area contributed by atoms with Crippen molar-refractivity contribution in [3.63, 3.8) is 0 Å². The summed E-state index contributed by atoms with van der Waals surface area (Å²) >= 11 is 0. The van der Waals surface area contributed by atoms with Gasteiger partial charge in [0.05, 0.1) is 29.8 Å². The molecule has 1 aliphatic heterocycles. The number of aliphatic hydroxyl groups is 1. The second kappa shape index (κ2) is 12.7. The van der Waals surface area contributed by atoms with Gasteiger partial charge in [-0.1, -0.05) is 52.8 Å². The van der Waals surface area contributed by atoms with Crippen LogP contribution in [0.15, 0.2) is 30.3 Å². The molecule has 1 heterocycles. The molecule has 9 unspecified atom stereocenters. The maximum absolute atomic E-state index is 12.1. The van der Waals surface area contributed by atoms with Gasteiger partial charge >= 0.3 is 5.97 Å². The normalized spacial score (nSPS) is 41.7. The highest BCUT2D eigenvalue weighted by molar-refractivity contribution is 7.91. The van der Waals surface area contributed by atoms with Crippen LogP contribution in [0, 0.1) is 51.2 Å². The Morgan fingerprint density at radius 1 is 0.922 bits per heavy atom. The summed E-state index contributed by atoms with van der Waals surface area (Å²) in [5.41, 5.74) is 3.20. The third-order valence-corrected chi connectivity index (χ3v) is 18.5. The monoisotopic (exact) mass is 722 g/mol. The number of rotatable bonds is 7. The molecule has 8 heteroatoms. The minimum absolute atomic E-state index is 0.0144. The van der Waals surface area contributed by atoms with E-state index in [1.54, 1.807) is 0 Å². The molecule has 6 aliphatic rings.